The van der Waals surface area contributed by atoms with Crippen molar-refractivity contribution in [3.8, 4) is 5.75 Å². The third kappa shape index (κ3) is 3.14. The quantitative estimate of drug-likeness (QED) is 0.694. The highest BCUT2D eigenvalue weighted by Crippen LogP contribution is 2.17. The van der Waals surface area contributed by atoms with Crippen LogP contribution in [0, 0.1) is 0 Å². The molecule has 0 spiro atoms. The number of methoxy groups -OCH3 is 1. The van der Waals surface area contributed by atoms with E-state index in [1.807, 2.05) is 0 Å². The van der Waals surface area contributed by atoms with Crippen LogP contribution < -0.4 is 10.1 Å². The minimum atomic E-state index is -1.16. The third-order valence-electron chi connectivity index (χ3n) is 2.00. The fraction of sp³-hybridized carbons (Fsp3) is 0.300. The minimum absolute atomic E-state index is 0.279. The molecule has 1 amide bonds. The molecule has 0 saturated heterocycles. The summed E-state index contributed by atoms with van der Waals surface area (Å²) in [6.07, 6.45) is -1.16. The molecule has 15 heavy (non-hydrogen) atoms. The van der Waals surface area contributed by atoms with Gasteiger partial charge in [0.1, 0.15) is 5.75 Å². The molecule has 5 nitrogen and oxygen atoms in total. The summed E-state index contributed by atoms with van der Waals surface area (Å²) in [6.45, 7) is -0.279. The highest BCUT2D eigenvalue weighted by molar-refractivity contribution is 5.65. The van der Waals surface area contributed by atoms with E-state index in [0.717, 1.165) is 0 Å². The van der Waals surface area contributed by atoms with Gasteiger partial charge in [0.2, 0.25) is 0 Å². The summed E-state index contributed by atoms with van der Waals surface area (Å²) < 4.78 is 4.96. The number of rotatable bonds is 4. The molecular formula is C10H13NO4. The standard InChI is InChI=1S/C10H13NO4/c1-15-8-4-2-7(3-5-8)9(6-12)11-10(13)14/h2-5,9,11-12H,6H2,1H3,(H,13,14)/t9-/m0/s1. The third-order valence-corrected chi connectivity index (χ3v) is 2.00. The van der Waals surface area contributed by atoms with Crippen LogP contribution in [-0.2, 0) is 0 Å². The Kier molecular flexibility index (Phi) is 3.93. The van der Waals surface area contributed by atoms with Crippen molar-refractivity contribution >= 4 is 6.09 Å². The van der Waals surface area contributed by atoms with Gasteiger partial charge in [0, 0.05) is 0 Å². The molecule has 0 saturated carbocycles. The number of aliphatic hydroxyl groups excluding tert-OH is 1. The summed E-state index contributed by atoms with van der Waals surface area (Å²) in [5.41, 5.74) is 0.695. The van der Waals surface area contributed by atoms with Gasteiger partial charge < -0.3 is 20.3 Å². The van der Waals surface area contributed by atoms with Gasteiger partial charge in [-0.3, -0.25) is 0 Å². The molecule has 0 heterocycles. The first kappa shape index (κ1) is 11.3. The van der Waals surface area contributed by atoms with E-state index >= 15 is 0 Å². The number of nitrogens with one attached hydrogen (secondary N) is 1. The molecule has 5 heteroatoms. The smallest absolute Gasteiger partial charge is 0.405 e. The molecule has 0 aliphatic carbocycles. The number of carboxylic acid groups (broad SMARTS) is 1. The molecule has 0 unspecified atom stereocenters. The van der Waals surface area contributed by atoms with Crippen molar-refractivity contribution < 1.29 is 19.7 Å². The molecule has 0 radical (unpaired) electrons. The van der Waals surface area contributed by atoms with Crippen molar-refractivity contribution in [1.29, 1.82) is 0 Å². The fourth-order valence-electron chi connectivity index (χ4n) is 1.22. The van der Waals surface area contributed by atoms with E-state index in [1.54, 1.807) is 31.4 Å². The Labute approximate surface area is 87.3 Å². The first-order valence-corrected chi connectivity index (χ1v) is 4.41. The van der Waals surface area contributed by atoms with Crippen LogP contribution in [0.25, 0.3) is 0 Å². The Balaban J connectivity index is 2.78. The first-order valence-electron chi connectivity index (χ1n) is 4.41. The number of hydrogen-bond donors (Lipinski definition) is 3. The van der Waals surface area contributed by atoms with Crippen LogP contribution in [0.2, 0.25) is 0 Å². The van der Waals surface area contributed by atoms with Crippen molar-refractivity contribution in [1.82, 2.24) is 5.32 Å². The second-order valence-corrected chi connectivity index (χ2v) is 2.96. The minimum Gasteiger partial charge on any atom is -0.497 e. The Bertz CT molecular complexity index is 323. The van der Waals surface area contributed by atoms with Gasteiger partial charge in [-0.25, -0.2) is 4.79 Å². The van der Waals surface area contributed by atoms with Gasteiger partial charge in [-0.15, -0.1) is 0 Å². The van der Waals surface area contributed by atoms with Crippen molar-refractivity contribution in [2.45, 2.75) is 6.04 Å². The summed E-state index contributed by atoms with van der Waals surface area (Å²) in [5.74, 6) is 0.686. The highest BCUT2D eigenvalue weighted by atomic mass is 16.5. The van der Waals surface area contributed by atoms with Gasteiger partial charge in [0.25, 0.3) is 0 Å². The Morgan fingerprint density at radius 2 is 2.07 bits per heavy atom. The normalized spacial score (nSPS) is 11.9. The summed E-state index contributed by atoms with van der Waals surface area (Å²) in [4.78, 5) is 10.4. The topological polar surface area (TPSA) is 78.8 Å². The summed E-state index contributed by atoms with van der Waals surface area (Å²) in [6, 6.07) is 6.22. The van der Waals surface area contributed by atoms with E-state index in [9.17, 15) is 4.79 Å². The van der Waals surface area contributed by atoms with Gasteiger partial charge in [0.15, 0.2) is 0 Å². The fourth-order valence-corrected chi connectivity index (χ4v) is 1.22. The predicted octanol–water partition coefficient (Wildman–Crippen LogP) is 0.996. The number of hydrogen-bond acceptors (Lipinski definition) is 3. The lowest BCUT2D eigenvalue weighted by molar-refractivity contribution is 0.177. The van der Waals surface area contributed by atoms with E-state index in [2.05, 4.69) is 5.32 Å². The Morgan fingerprint density at radius 3 is 2.47 bits per heavy atom. The van der Waals surface area contributed by atoms with Crippen LogP contribution in [0.1, 0.15) is 11.6 Å². The lowest BCUT2D eigenvalue weighted by atomic mass is 10.1. The molecule has 1 atom stereocenters. The molecule has 0 aromatic heterocycles. The first-order chi connectivity index (χ1) is 7.17. The van der Waals surface area contributed by atoms with E-state index in [0.29, 0.717) is 11.3 Å². The predicted molar refractivity (Wildman–Crippen MR) is 54.0 cm³/mol. The maximum absolute atomic E-state index is 10.4. The van der Waals surface area contributed by atoms with E-state index in [1.165, 1.54) is 0 Å². The molecule has 82 valence electrons. The van der Waals surface area contributed by atoms with Crippen LogP contribution in [0.5, 0.6) is 5.75 Å². The van der Waals surface area contributed by atoms with Crippen LogP contribution in [0.4, 0.5) is 4.79 Å². The van der Waals surface area contributed by atoms with Gasteiger partial charge in [0.05, 0.1) is 19.8 Å². The zero-order valence-electron chi connectivity index (χ0n) is 8.30. The van der Waals surface area contributed by atoms with Gasteiger partial charge in [-0.05, 0) is 17.7 Å². The van der Waals surface area contributed by atoms with Crippen LogP contribution >= 0.6 is 0 Å². The van der Waals surface area contributed by atoms with E-state index in [4.69, 9.17) is 14.9 Å². The summed E-state index contributed by atoms with van der Waals surface area (Å²) in [7, 11) is 1.55. The number of benzene rings is 1. The Hall–Kier alpha value is -1.75. The molecular weight excluding hydrogens is 198 g/mol. The molecule has 0 aliphatic rings. The molecule has 0 aliphatic heterocycles. The number of aliphatic hydroxyl groups is 1. The number of ether oxygens (including phenoxy) is 1. The van der Waals surface area contributed by atoms with Crippen LogP contribution in [0.15, 0.2) is 24.3 Å². The summed E-state index contributed by atoms with van der Waals surface area (Å²) in [5, 5.41) is 19.7. The van der Waals surface area contributed by atoms with Crippen molar-refractivity contribution in [3.63, 3.8) is 0 Å². The number of carbonyl (C=O) groups is 1. The van der Waals surface area contributed by atoms with E-state index in [-0.39, 0.29) is 6.61 Å². The second-order valence-electron chi connectivity index (χ2n) is 2.96. The molecule has 3 N–H and O–H groups in total. The van der Waals surface area contributed by atoms with Crippen LogP contribution in [0.3, 0.4) is 0 Å². The molecule has 1 aromatic rings. The maximum Gasteiger partial charge on any atom is 0.405 e. The average molecular weight is 211 g/mol. The Morgan fingerprint density at radius 1 is 1.47 bits per heavy atom. The monoisotopic (exact) mass is 211 g/mol. The van der Waals surface area contributed by atoms with Gasteiger partial charge >= 0.3 is 6.09 Å². The molecule has 0 fully saturated rings. The SMILES string of the molecule is COc1ccc([C@H](CO)NC(=O)O)cc1. The average Bonchev–Trinajstić information content (AvgIpc) is 2.26. The highest BCUT2D eigenvalue weighted by Gasteiger charge is 2.12. The lowest BCUT2D eigenvalue weighted by Gasteiger charge is -2.14. The zero-order valence-corrected chi connectivity index (χ0v) is 8.30. The van der Waals surface area contributed by atoms with Gasteiger partial charge in [-0.1, -0.05) is 12.1 Å². The zero-order chi connectivity index (χ0) is 11.3. The van der Waals surface area contributed by atoms with E-state index < -0.39 is 12.1 Å². The van der Waals surface area contributed by atoms with Crippen molar-refractivity contribution in [2.75, 3.05) is 13.7 Å². The summed E-state index contributed by atoms with van der Waals surface area (Å²) >= 11 is 0. The second kappa shape index (κ2) is 5.21. The number of amides is 1. The largest absolute Gasteiger partial charge is 0.497 e. The lowest BCUT2D eigenvalue weighted by Crippen LogP contribution is -2.29. The molecule has 1 aromatic carbocycles. The molecule has 0 bridgehead atoms. The van der Waals surface area contributed by atoms with Crippen molar-refractivity contribution in [3.05, 3.63) is 29.8 Å². The van der Waals surface area contributed by atoms with Crippen LogP contribution in [-0.4, -0.2) is 30.0 Å². The molecule has 1 rings (SSSR count). The maximum atomic E-state index is 10.4. The van der Waals surface area contributed by atoms with Gasteiger partial charge in [-0.2, -0.15) is 0 Å². The van der Waals surface area contributed by atoms with Crippen molar-refractivity contribution in [2.24, 2.45) is 0 Å².